The molecule has 0 radical (unpaired) electrons. The van der Waals surface area contributed by atoms with Crippen molar-refractivity contribution in [3.8, 4) is 5.69 Å². The van der Waals surface area contributed by atoms with Crippen LogP contribution in [0.4, 0.5) is 0 Å². The molecule has 1 N–H and O–H groups in total. The largest absolute Gasteiger partial charge is 0.467 e. The van der Waals surface area contributed by atoms with Gasteiger partial charge in [-0.25, -0.2) is 0 Å². The lowest BCUT2D eigenvalue weighted by atomic mass is 10.0. The Balaban J connectivity index is 1.62. The van der Waals surface area contributed by atoms with Gasteiger partial charge in [-0.1, -0.05) is 24.3 Å². The average molecular weight is 415 g/mol. The number of nitrogens with zero attached hydrogens (tertiary/aromatic N) is 3. The third-order valence-corrected chi connectivity index (χ3v) is 5.91. The van der Waals surface area contributed by atoms with Gasteiger partial charge >= 0.3 is 0 Å². The molecule has 1 aliphatic rings. The molecule has 0 spiro atoms. The summed E-state index contributed by atoms with van der Waals surface area (Å²) in [6.45, 7) is 2.72. The zero-order valence-corrected chi connectivity index (χ0v) is 17.4. The van der Waals surface area contributed by atoms with Gasteiger partial charge in [-0.05, 0) is 67.2 Å². The molecule has 2 atom stereocenters. The summed E-state index contributed by atoms with van der Waals surface area (Å²) >= 11 is 5.76. The van der Waals surface area contributed by atoms with Gasteiger partial charge in [0.2, 0.25) is 0 Å². The molecule has 3 aromatic heterocycles. The molecule has 0 saturated carbocycles. The fourth-order valence-corrected chi connectivity index (χ4v) is 4.46. The quantitative estimate of drug-likeness (QED) is 0.469. The van der Waals surface area contributed by atoms with E-state index in [1.54, 1.807) is 6.26 Å². The zero-order valence-electron chi connectivity index (χ0n) is 16.6. The molecular weight excluding hydrogens is 392 g/mol. The Morgan fingerprint density at radius 1 is 1.03 bits per heavy atom. The molecule has 4 aromatic rings. The summed E-state index contributed by atoms with van der Waals surface area (Å²) in [7, 11) is 0. The van der Waals surface area contributed by atoms with Crippen molar-refractivity contribution in [1.29, 1.82) is 0 Å². The molecule has 0 bridgehead atoms. The molecule has 1 saturated heterocycles. The Kier molecular flexibility index (Phi) is 4.85. The molecule has 0 aliphatic carbocycles. The minimum atomic E-state index is -0.0636. The first-order valence-corrected chi connectivity index (χ1v) is 10.4. The number of aromatic nitrogens is 2. The molecule has 0 amide bonds. The minimum absolute atomic E-state index is 0.0351. The van der Waals surface area contributed by atoms with Crippen molar-refractivity contribution in [3.05, 3.63) is 108 Å². The van der Waals surface area contributed by atoms with Gasteiger partial charge < -0.3 is 19.2 Å². The average Bonchev–Trinajstić information content (AvgIpc) is 3.51. The van der Waals surface area contributed by atoms with Crippen LogP contribution in [-0.2, 0) is 6.54 Å². The number of aryl methyl sites for hydroxylation is 1. The van der Waals surface area contributed by atoms with Crippen molar-refractivity contribution >= 4 is 17.3 Å². The second-order valence-electron chi connectivity index (χ2n) is 7.42. The minimum Gasteiger partial charge on any atom is -0.467 e. The molecule has 1 fully saturated rings. The zero-order chi connectivity index (χ0) is 20.5. The first-order chi connectivity index (χ1) is 14.7. The lowest BCUT2D eigenvalue weighted by molar-refractivity contribution is 0.280. The fraction of sp³-hybridized carbons (Fsp3) is 0.167. The van der Waals surface area contributed by atoms with Crippen molar-refractivity contribution in [2.75, 3.05) is 0 Å². The number of thiocarbonyl (C=S) groups is 1. The molecule has 0 unspecified atom stereocenters. The normalized spacial score (nSPS) is 18.6. The van der Waals surface area contributed by atoms with Gasteiger partial charge in [-0.2, -0.15) is 0 Å². The standard InChI is InChI=1S/C24H22N4OS/c1-17-8-2-3-11-20(17)27-14-6-12-21(27)23-22(19-10-4-5-13-25-19)26-24(30)28(23)16-18-9-7-15-29-18/h2-15,22-23H,16H2,1H3,(H,26,30)/t22-,23-/m0/s1. The molecular formula is C24H22N4OS. The third-order valence-electron chi connectivity index (χ3n) is 5.56. The van der Waals surface area contributed by atoms with Crippen molar-refractivity contribution < 1.29 is 4.42 Å². The molecule has 1 aliphatic heterocycles. The number of pyridine rings is 1. The predicted octanol–water partition coefficient (Wildman–Crippen LogP) is 4.95. The molecule has 150 valence electrons. The summed E-state index contributed by atoms with van der Waals surface area (Å²) in [4.78, 5) is 6.82. The summed E-state index contributed by atoms with van der Waals surface area (Å²) < 4.78 is 7.88. The Bertz CT molecular complexity index is 1150. The van der Waals surface area contributed by atoms with Gasteiger partial charge in [0.15, 0.2) is 5.11 Å². The van der Waals surface area contributed by atoms with Crippen LogP contribution < -0.4 is 5.32 Å². The summed E-state index contributed by atoms with van der Waals surface area (Å²) in [6, 6.07) is 22.4. The highest BCUT2D eigenvalue weighted by molar-refractivity contribution is 7.80. The smallest absolute Gasteiger partial charge is 0.170 e. The van der Waals surface area contributed by atoms with Gasteiger partial charge in [-0.3, -0.25) is 4.98 Å². The predicted molar refractivity (Wildman–Crippen MR) is 120 cm³/mol. The van der Waals surface area contributed by atoms with Crippen LogP contribution in [0.25, 0.3) is 5.69 Å². The SMILES string of the molecule is Cc1ccccc1-n1cccc1[C@H]1[C@H](c2ccccn2)NC(=S)N1Cc1ccco1. The number of nitrogens with one attached hydrogen (secondary N) is 1. The highest BCUT2D eigenvalue weighted by Crippen LogP contribution is 2.40. The van der Waals surface area contributed by atoms with E-state index in [-0.39, 0.29) is 12.1 Å². The molecule has 6 heteroatoms. The molecule has 30 heavy (non-hydrogen) atoms. The van der Waals surface area contributed by atoms with Crippen LogP contribution in [-0.4, -0.2) is 19.6 Å². The molecule has 5 nitrogen and oxygen atoms in total. The molecule has 1 aromatic carbocycles. The summed E-state index contributed by atoms with van der Waals surface area (Å²) in [5.41, 5.74) is 4.49. The monoisotopic (exact) mass is 414 g/mol. The number of furan rings is 1. The number of para-hydroxylation sites is 1. The van der Waals surface area contributed by atoms with Gasteiger partial charge in [0.05, 0.1) is 30.6 Å². The van der Waals surface area contributed by atoms with Crippen LogP contribution in [0.3, 0.4) is 0 Å². The van der Waals surface area contributed by atoms with E-state index in [1.165, 1.54) is 5.56 Å². The van der Waals surface area contributed by atoms with Gasteiger partial charge in [0.25, 0.3) is 0 Å². The summed E-state index contributed by atoms with van der Waals surface area (Å²) in [5.74, 6) is 0.875. The van der Waals surface area contributed by atoms with E-state index in [1.807, 2.05) is 36.5 Å². The van der Waals surface area contributed by atoms with E-state index >= 15 is 0 Å². The third kappa shape index (κ3) is 3.29. The van der Waals surface area contributed by atoms with E-state index in [0.29, 0.717) is 11.7 Å². The maximum atomic E-state index is 5.76. The second kappa shape index (κ2) is 7.80. The van der Waals surface area contributed by atoms with Crippen molar-refractivity contribution in [3.63, 3.8) is 0 Å². The maximum absolute atomic E-state index is 5.76. The van der Waals surface area contributed by atoms with Crippen LogP contribution in [0, 0.1) is 6.92 Å². The second-order valence-corrected chi connectivity index (χ2v) is 7.81. The first kappa shape index (κ1) is 18.6. The van der Waals surface area contributed by atoms with Crippen molar-refractivity contribution in [1.82, 2.24) is 19.8 Å². The van der Waals surface area contributed by atoms with Crippen LogP contribution in [0.15, 0.2) is 89.8 Å². The van der Waals surface area contributed by atoms with Gasteiger partial charge in [-0.15, -0.1) is 0 Å². The topological polar surface area (TPSA) is 46.2 Å². The Hall–Kier alpha value is -3.38. The van der Waals surface area contributed by atoms with Crippen LogP contribution in [0.1, 0.15) is 34.8 Å². The van der Waals surface area contributed by atoms with Gasteiger partial charge in [0, 0.05) is 23.8 Å². The Morgan fingerprint density at radius 3 is 2.67 bits per heavy atom. The number of benzene rings is 1. The lowest BCUT2D eigenvalue weighted by Crippen LogP contribution is -2.29. The number of hydrogen-bond acceptors (Lipinski definition) is 3. The summed E-state index contributed by atoms with van der Waals surface area (Å²) in [5, 5.41) is 4.20. The maximum Gasteiger partial charge on any atom is 0.170 e. The summed E-state index contributed by atoms with van der Waals surface area (Å²) in [6.07, 6.45) is 5.63. The van der Waals surface area contributed by atoms with Crippen molar-refractivity contribution in [2.45, 2.75) is 25.6 Å². The molecule has 4 heterocycles. The number of hydrogen-bond donors (Lipinski definition) is 1. The van der Waals surface area contributed by atoms with E-state index in [0.717, 1.165) is 22.8 Å². The van der Waals surface area contributed by atoms with E-state index < -0.39 is 0 Å². The fourth-order valence-electron chi connectivity index (χ4n) is 4.16. The highest BCUT2D eigenvalue weighted by atomic mass is 32.1. The molecule has 5 rings (SSSR count). The lowest BCUT2D eigenvalue weighted by Gasteiger charge is -2.28. The van der Waals surface area contributed by atoms with Gasteiger partial charge in [0.1, 0.15) is 5.76 Å². The highest BCUT2D eigenvalue weighted by Gasteiger charge is 2.41. The number of rotatable bonds is 5. The van der Waals surface area contributed by atoms with E-state index in [4.69, 9.17) is 16.6 Å². The van der Waals surface area contributed by atoms with Crippen LogP contribution in [0.5, 0.6) is 0 Å². The Labute approximate surface area is 181 Å². The van der Waals surface area contributed by atoms with Crippen molar-refractivity contribution in [2.24, 2.45) is 0 Å². The van der Waals surface area contributed by atoms with E-state index in [2.05, 4.69) is 69.3 Å². The first-order valence-electron chi connectivity index (χ1n) is 9.96. The Morgan fingerprint density at radius 2 is 1.90 bits per heavy atom. The van der Waals surface area contributed by atoms with Crippen LogP contribution >= 0.6 is 12.2 Å². The van der Waals surface area contributed by atoms with Crippen LogP contribution in [0.2, 0.25) is 0 Å². The van der Waals surface area contributed by atoms with E-state index in [9.17, 15) is 0 Å².